The van der Waals surface area contributed by atoms with Crippen molar-refractivity contribution < 1.29 is 8.92 Å². The molecule has 12 heavy (non-hydrogen) atoms. The van der Waals surface area contributed by atoms with Crippen LogP contribution in [0.5, 0.6) is 0 Å². The minimum Gasteiger partial charge on any atom is -0.623 e. The lowest BCUT2D eigenvalue weighted by atomic mass is 10.5. The molecule has 0 unspecified atom stereocenters. The van der Waals surface area contributed by atoms with Crippen molar-refractivity contribution in [3.8, 4) is 0 Å². The minimum absolute atomic E-state index is 0.431. The van der Waals surface area contributed by atoms with Crippen LogP contribution in [0, 0.1) is 5.21 Å². The second-order valence-electron chi connectivity index (χ2n) is 2.29. The Morgan fingerprint density at radius 3 is 3.17 bits per heavy atom. The van der Waals surface area contributed by atoms with Crippen LogP contribution in [0.2, 0.25) is 0 Å². The van der Waals surface area contributed by atoms with Gasteiger partial charge in [-0.2, -0.15) is 4.74 Å². The molecule has 0 atom stereocenters. The largest absolute Gasteiger partial charge is 0.623 e. The third kappa shape index (κ3) is 1.48. The summed E-state index contributed by atoms with van der Waals surface area (Å²) in [6.07, 6.45) is 0. The van der Waals surface area contributed by atoms with Crippen molar-refractivity contribution in [1.29, 1.82) is 0 Å². The summed E-state index contributed by atoms with van der Waals surface area (Å²) in [6.45, 7) is 0.934. The van der Waals surface area contributed by atoms with Gasteiger partial charge in [-0.1, -0.05) is 6.07 Å². The van der Waals surface area contributed by atoms with Gasteiger partial charge in [0.05, 0.1) is 0 Å². The highest BCUT2D eigenvalue weighted by Crippen LogP contribution is 2.21. The molecule has 0 N–H and O–H groups in total. The number of hydroxylamine groups is 1. The summed E-state index contributed by atoms with van der Waals surface area (Å²) in [7, 11) is 0. The summed E-state index contributed by atoms with van der Waals surface area (Å²) in [5, 5.41) is 13.9. The fraction of sp³-hybridized carbons (Fsp3) is 0.286. The fourth-order valence-electron chi connectivity index (χ4n) is 0.925. The van der Waals surface area contributed by atoms with Gasteiger partial charge < -0.3 is 5.21 Å². The number of hydrogen-bond donors (Lipinski definition) is 0. The lowest BCUT2D eigenvalue weighted by Gasteiger charge is -2.13. The maximum absolute atomic E-state index is 11.3. The van der Waals surface area contributed by atoms with Crippen molar-refractivity contribution >= 4 is 28.4 Å². The van der Waals surface area contributed by atoms with E-state index < -0.39 is 0 Å². The minimum atomic E-state index is 0.431. The fourth-order valence-corrected chi connectivity index (χ4v) is 2.43. The van der Waals surface area contributed by atoms with Gasteiger partial charge in [-0.15, -0.1) is 11.3 Å². The number of thiophene rings is 1. The van der Waals surface area contributed by atoms with E-state index in [0.29, 0.717) is 18.2 Å². The summed E-state index contributed by atoms with van der Waals surface area (Å²) >= 11 is 2.72. The third-order valence-electron chi connectivity index (χ3n) is 1.47. The average Bonchev–Trinajstić information content (AvgIpc) is 2.57. The normalized spacial score (nSPS) is 18.3. The molecule has 1 aromatic heterocycles. The number of rotatable bonds is 1. The van der Waals surface area contributed by atoms with Gasteiger partial charge >= 0.3 is 0 Å². The Morgan fingerprint density at radius 1 is 1.58 bits per heavy atom. The zero-order valence-corrected chi connectivity index (χ0v) is 7.86. The summed E-state index contributed by atoms with van der Waals surface area (Å²) in [5.74, 6) is 0. The molecular formula is C7H7NO2S2. The Kier molecular flexibility index (Phi) is 2.34. The Morgan fingerprint density at radius 2 is 2.50 bits per heavy atom. The van der Waals surface area contributed by atoms with Crippen molar-refractivity contribution in [3.63, 3.8) is 0 Å². The summed E-state index contributed by atoms with van der Waals surface area (Å²) in [6, 6.07) is 3.85. The lowest BCUT2D eigenvalue weighted by Crippen LogP contribution is -2.22. The van der Waals surface area contributed by atoms with Gasteiger partial charge in [0.15, 0.2) is 6.54 Å². The SMILES string of the molecule is [O-][N+]1=C(c2cccs2)SOCC1. The van der Waals surface area contributed by atoms with Crippen molar-refractivity contribution in [2.24, 2.45) is 0 Å². The Balaban J connectivity index is 2.33. The summed E-state index contributed by atoms with van der Waals surface area (Å²) in [4.78, 5) is 0.981. The predicted molar refractivity (Wildman–Crippen MR) is 50.5 cm³/mol. The highest BCUT2D eigenvalue weighted by Gasteiger charge is 2.20. The van der Waals surface area contributed by atoms with E-state index in [1.807, 2.05) is 17.5 Å². The quantitative estimate of drug-likeness (QED) is 0.394. The smallest absolute Gasteiger partial charge is 0.290 e. The van der Waals surface area contributed by atoms with E-state index in [1.54, 1.807) is 11.3 Å². The van der Waals surface area contributed by atoms with E-state index >= 15 is 0 Å². The van der Waals surface area contributed by atoms with Gasteiger partial charge in [0.2, 0.25) is 0 Å². The zero-order chi connectivity index (χ0) is 8.39. The Labute approximate surface area is 78.5 Å². The van der Waals surface area contributed by atoms with Gasteiger partial charge in [0.1, 0.15) is 23.5 Å². The van der Waals surface area contributed by atoms with E-state index in [0.717, 1.165) is 9.62 Å². The van der Waals surface area contributed by atoms with Crippen LogP contribution in [0.15, 0.2) is 17.5 Å². The van der Waals surface area contributed by atoms with Crippen LogP contribution < -0.4 is 0 Å². The predicted octanol–water partition coefficient (Wildman–Crippen LogP) is 1.68. The first-order valence-corrected chi connectivity index (χ1v) is 5.15. The molecule has 0 spiro atoms. The summed E-state index contributed by atoms with van der Waals surface area (Å²) < 4.78 is 6.11. The molecule has 0 amide bonds. The number of nitrogens with zero attached hydrogens (tertiary/aromatic N) is 1. The first-order valence-electron chi connectivity index (χ1n) is 3.53. The standard InChI is InChI=1S/C7H7NO2S2/c9-8-3-4-10-12-7(8)6-2-1-5-11-6/h1-2,5H,3-4H2. The van der Waals surface area contributed by atoms with Gasteiger partial charge in [-0.3, -0.25) is 4.18 Å². The van der Waals surface area contributed by atoms with Crippen molar-refractivity contribution in [2.45, 2.75) is 0 Å². The molecule has 0 bridgehead atoms. The molecule has 0 saturated carbocycles. The third-order valence-corrected chi connectivity index (χ3v) is 3.35. The molecule has 0 aliphatic carbocycles. The first kappa shape index (κ1) is 8.10. The molecule has 5 heteroatoms. The van der Waals surface area contributed by atoms with Crippen LogP contribution in [0.25, 0.3) is 0 Å². The second kappa shape index (κ2) is 3.47. The van der Waals surface area contributed by atoms with Gasteiger partial charge in [0, 0.05) is 0 Å². The molecular weight excluding hydrogens is 194 g/mol. The van der Waals surface area contributed by atoms with Crippen molar-refractivity contribution in [2.75, 3.05) is 13.2 Å². The molecule has 2 heterocycles. The van der Waals surface area contributed by atoms with Crippen LogP contribution in [0.3, 0.4) is 0 Å². The zero-order valence-electron chi connectivity index (χ0n) is 6.23. The Bertz CT molecular complexity index is 294. The molecule has 0 radical (unpaired) electrons. The molecule has 0 fully saturated rings. The number of hydrogen-bond acceptors (Lipinski definition) is 4. The van der Waals surface area contributed by atoms with E-state index in [1.165, 1.54) is 12.0 Å². The van der Waals surface area contributed by atoms with Crippen molar-refractivity contribution in [1.82, 2.24) is 0 Å². The monoisotopic (exact) mass is 201 g/mol. The van der Waals surface area contributed by atoms with Gasteiger partial charge in [0.25, 0.3) is 5.04 Å². The van der Waals surface area contributed by atoms with E-state index in [-0.39, 0.29) is 0 Å². The lowest BCUT2D eigenvalue weighted by molar-refractivity contribution is -0.458. The molecule has 64 valence electrons. The maximum atomic E-state index is 11.3. The van der Waals surface area contributed by atoms with E-state index in [2.05, 4.69) is 0 Å². The van der Waals surface area contributed by atoms with Crippen LogP contribution in [0.1, 0.15) is 4.88 Å². The highest BCUT2D eigenvalue weighted by atomic mass is 32.2. The molecule has 1 aromatic rings. The topological polar surface area (TPSA) is 35.3 Å². The molecule has 0 saturated heterocycles. The van der Waals surface area contributed by atoms with Crippen LogP contribution >= 0.6 is 23.4 Å². The van der Waals surface area contributed by atoms with E-state index in [4.69, 9.17) is 4.18 Å². The van der Waals surface area contributed by atoms with Gasteiger partial charge in [-0.25, -0.2) is 0 Å². The van der Waals surface area contributed by atoms with Crippen LogP contribution in [0.4, 0.5) is 0 Å². The Hall–Kier alpha value is -0.520. The van der Waals surface area contributed by atoms with Crippen molar-refractivity contribution in [3.05, 3.63) is 27.6 Å². The molecule has 0 aromatic carbocycles. The second-order valence-corrected chi connectivity index (χ2v) is 4.03. The maximum Gasteiger partial charge on any atom is 0.290 e. The van der Waals surface area contributed by atoms with E-state index in [9.17, 15) is 5.21 Å². The molecule has 2 rings (SSSR count). The molecule has 1 aliphatic rings. The van der Waals surface area contributed by atoms with Crippen LogP contribution in [-0.4, -0.2) is 22.9 Å². The highest BCUT2D eigenvalue weighted by molar-refractivity contribution is 8.10. The summed E-state index contributed by atoms with van der Waals surface area (Å²) in [5.41, 5.74) is 0. The molecule has 1 aliphatic heterocycles. The first-order chi connectivity index (χ1) is 5.88. The van der Waals surface area contributed by atoms with Gasteiger partial charge in [-0.05, 0) is 11.4 Å². The van der Waals surface area contributed by atoms with Crippen LogP contribution in [-0.2, 0) is 4.18 Å². The molecule has 3 nitrogen and oxygen atoms in total. The average molecular weight is 201 g/mol.